The van der Waals surface area contributed by atoms with Crippen LogP contribution in [0.3, 0.4) is 0 Å². The van der Waals surface area contributed by atoms with Gasteiger partial charge in [-0.3, -0.25) is 9.59 Å². The van der Waals surface area contributed by atoms with Crippen molar-refractivity contribution in [2.24, 2.45) is 0 Å². The monoisotopic (exact) mass is 445 g/mol. The standard InChI is InChI=1S/C11H10BrClINO3/c1-18-11(17)9(14)5-15-10(16)7-4-6(13)2-3-8(7)12/h2-4,9H,5H2,1H3,(H,15,16). The van der Waals surface area contributed by atoms with Crippen LogP contribution in [0.2, 0.25) is 5.02 Å². The largest absolute Gasteiger partial charge is 0.468 e. The number of hydrogen-bond donors (Lipinski definition) is 1. The summed E-state index contributed by atoms with van der Waals surface area (Å²) in [7, 11) is 1.31. The topological polar surface area (TPSA) is 55.4 Å². The molecule has 1 N–H and O–H groups in total. The van der Waals surface area contributed by atoms with E-state index in [2.05, 4.69) is 26.0 Å². The molecule has 0 aliphatic carbocycles. The zero-order valence-electron chi connectivity index (χ0n) is 9.38. The molecule has 0 bridgehead atoms. The van der Waals surface area contributed by atoms with Gasteiger partial charge in [0, 0.05) is 16.0 Å². The number of amides is 1. The van der Waals surface area contributed by atoms with Crippen molar-refractivity contribution in [2.75, 3.05) is 13.7 Å². The number of halogens is 3. The van der Waals surface area contributed by atoms with Gasteiger partial charge in [0.05, 0.1) is 12.7 Å². The first-order chi connectivity index (χ1) is 8.45. The Morgan fingerprint density at radius 2 is 2.22 bits per heavy atom. The molecule has 0 fully saturated rings. The summed E-state index contributed by atoms with van der Waals surface area (Å²) in [6.45, 7) is 0.199. The molecular weight excluding hydrogens is 436 g/mol. The lowest BCUT2D eigenvalue weighted by Crippen LogP contribution is -2.34. The van der Waals surface area contributed by atoms with E-state index >= 15 is 0 Å². The first-order valence-electron chi connectivity index (χ1n) is 4.91. The molecule has 1 unspecified atom stereocenters. The number of carbonyl (C=O) groups is 2. The van der Waals surface area contributed by atoms with E-state index < -0.39 is 3.92 Å². The molecule has 0 saturated carbocycles. The summed E-state index contributed by atoms with van der Waals surface area (Å²) in [5, 5.41) is 3.12. The highest BCUT2D eigenvalue weighted by Gasteiger charge is 2.17. The van der Waals surface area contributed by atoms with Crippen molar-refractivity contribution < 1.29 is 14.3 Å². The minimum atomic E-state index is -0.422. The predicted molar refractivity (Wildman–Crippen MR) is 81.3 cm³/mol. The van der Waals surface area contributed by atoms with Crippen LogP contribution in [0.1, 0.15) is 10.4 Å². The second-order valence-electron chi connectivity index (χ2n) is 3.32. The van der Waals surface area contributed by atoms with Crippen molar-refractivity contribution in [3.05, 3.63) is 33.3 Å². The van der Waals surface area contributed by atoms with E-state index in [0.29, 0.717) is 15.1 Å². The normalized spacial score (nSPS) is 11.8. The van der Waals surface area contributed by atoms with Crippen molar-refractivity contribution >= 4 is 62.0 Å². The highest BCUT2D eigenvalue weighted by molar-refractivity contribution is 14.1. The summed E-state index contributed by atoms with van der Waals surface area (Å²) >= 11 is 11.0. The van der Waals surface area contributed by atoms with Crippen molar-refractivity contribution in [3.8, 4) is 0 Å². The number of ether oxygens (including phenoxy) is 1. The van der Waals surface area contributed by atoms with Crippen molar-refractivity contribution in [1.82, 2.24) is 5.32 Å². The lowest BCUT2D eigenvalue weighted by atomic mass is 10.2. The maximum absolute atomic E-state index is 11.9. The van der Waals surface area contributed by atoms with Gasteiger partial charge in [-0.2, -0.15) is 0 Å². The van der Waals surface area contributed by atoms with Gasteiger partial charge in [0.15, 0.2) is 0 Å². The summed E-state index contributed by atoms with van der Waals surface area (Å²) in [6.07, 6.45) is 0. The third kappa shape index (κ3) is 4.40. The second kappa shape index (κ2) is 7.30. The molecule has 1 amide bonds. The SMILES string of the molecule is COC(=O)C(I)CNC(=O)c1cc(Cl)ccc1Br. The molecule has 1 rings (SSSR count). The van der Waals surface area contributed by atoms with E-state index in [-0.39, 0.29) is 18.4 Å². The molecule has 0 spiro atoms. The summed E-state index contributed by atoms with van der Waals surface area (Å²) in [5.41, 5.74) is 0.427. The van der Waals surface area contributed by atoms with Crippen molar-refractivity contribution in [1.29, 1.82) is 0 Å². The molecule has 4 nitrogen and oxygen atoms in total. The molecule has 0 radical (unpaired) electrons. The smallest absolute Gasteiger partial charge is 0.320 e. The van der Waals surface area contributed by atoms with Gasteiger partial charge in [-0.05, 0) is 34.1 Å². The van der Waals surface area contributed by atoms with E-state index in [1.54, 1.807) is 18.2 Å². The Morgan fingerprint density at radius 1 is 1.56 bits per heavy atom. The Bertz CT molecular complexity index is 470. The Hall–Kier alpha value is -0.340. The van der Waals surface area contributed by atoms with Crippen LogP contribution in [0.5, 0.6) is 0 Å². The van der Waals surface area contributed by atoms with Crippen LogP contribution in [0.15, 0.2) is 22.7 Å². The van der Waals surface area contributed by atoms with Gasteiger partial charge in [0.25, 0.3) is 5.91 Å². The van der Waals surface area contributed by atoms with Gasteiger partial charge in [0.1, 0.15) is 3.92 Å². The fourth-order valence-electron chi connectivity index (χ4n) is 1.16. The number of hydrogen-bond acceptors (Lipinski definition) is 3. The minimum absolute atomic E-state index is 0.199. The molecule has 0 heterocycles. The van der Waals surface area contributed by atoms with Gasteiger partial charge >= 0.3 is 5.97 Å². The summed E-state index contributed by atoms with van der Waals surface area (Å²) in [6, 6.07) is 4.93. The molecule has 0 aliphatic heterocycles. The molecule has 7 heteroatoms. The van der Waals surface area contributed by atoms with E-state index in [1.807, 2.05) is 22.6 Å². The number of rotatable bonds is 4. The first kappa shape index (κ1) is 15.7. The van der Waals surface area contributed by atoms with Gasteiger partial charge in [-0.15, -0.1) is 0 Å². The molecule has 1 atom stereocenters. The average molecular weight is 446 g/mol. The number of carbonyl (C=O) groups excluding carboxylic acids is 2. The third-order valence-corrected chi connectivity index (χ3v) is 3.95. The molecule has 0 aromatic heterocycles. The van der Waals surface area contributed by atoms with Crippen LogP contribution in [0.4, 0.5) is 0 Å². The Balaban J connectivity index is 2.66. The lowest BCUT2D eigenvalue weighted by molar-refractivity contribution is -0.139. The van der Waals surface area contributed by atoms with Crippen LogP contribution in [0, 0.1) is 0 Å². The Kier molecular flexibility index (Phi) is 6.37. The maximum atomic E-state index is 11.9. The summed E-state index contributed by atoms with van der Waals surface area (Å²) < 4.78 is 4.79. The molecule has 1 aromatic rings. The molecule has 18 heavy (non-hydrogen) atoms. The molecular formula is C11H10BrClINO3. The van der Waals surface area contributed by atoms with E-state index in [0.717, 1.165) is 0 Å². The highest BCUT2D eigenvalue weighted by atomic mass is 127. The van der Waals surface area contributed by atoms with E-state index in [1.165, 1.54) is 7.11 Å². The second-order valence-corrected chi connectivity index (χ2v) is 6.12. The fraction of sp³-hybridized carbons (Fsp3) is 0.273. The summed E-state index contributed by atoms with van der Waals surface area (Å²) in [5.74, 6) is -0.670. The van der Waals surface area contributed by atoms with Gasteiger partial charge in [-0.25, -0.2) is 0 Å². The van der Waals surface area contributed by atoms with E-state index in [4.69, 9.17) is 11.6 Å². The Morgan fingerprint density at radius 3 is 2.83 bits per heavy atom. The minimum Gasteiger partial charge on any atom is -0.468 e. The van der Waals surface area contributed by atoms with Gasteiger partial charge in [0.2, 0.25) is 0 Å². The van der Waals surface area contributed by atoms with Crippen LogP contribution in [-0.4, -0.2) is 29.5 Å². The molecule has 0 saturated heterocycles. The van der Waals surface area contributed by atoms with Gasteiger partial charge < -0.3 is 10.1 Å². The van der Waals surface area contributed by atoms with Crippen LogP contribution in [0.25, 0.3) is 0 Å². The zero-order valence-corrected chi connectivity index (χ0v) is 13.9. The van der Waals surface area contributed by atoms with E-state index in [9.17, 15) is 9.59 Å². The maximum Gasteiger partial charge on any atom is 0.320 e. The average Bonchev–Trinajstić information content (AvgIpc) is 2.37. The Labute approximate surface area is 132 Å². The number of esters is 1. The third-order valence-electron chi connectivity index (χ3n) is 2.07. The zero-order chi connectivity index (χ0) is 13.7. The number of benzene rings is 1. The van der Waals surface area contributed by atoms with Crippen molar-refractivity contribution in [3.63, 3.8) is 0 Å². The molecule has 0 aliphatic rings. The van der Waals surface area contributed by atoms with Gasteiger partial charge in [-0.1, -0.05) is 34.2 Å². The van der Waals surface area contributed by atoms with Crippen LogP contribution >= 0.6 is 50.1 Å². The summed E-state index contributed by atoms with van der Waals surface area (Å²) in [4.78, 5) is 23.0. The number of methoxy groups -OCH3 is 1. The van der Waals surface area contributed by atoms with Crippen LogP contribution in [-0.2, 0) is 9.53 Å². The quantitative estimate of drug-likeness (QED) is 0.440. The highest BCUT2D eigenvalue weighted by Crippen LogP contribution is 2.21. The molecule has 98 valence electrons. The molecule has 1 aromatic carbocycles. The van der Waals surface area contributed by atoms with Crippen molar-refractivity contribution in [2.45, 2.75) is 3.92 Å². The van der Waals surface area contributed by atoms with Crippen LogP contribution < -0.4 is 5.32 Å². The number of nitrogens with one attached hydrogen (secondary N) is 1. The predicted octanol–water partition coefficient (Wildman–Crippen LogP) is 2.81. The lowest BCUT2D eigenvalue weighted by Gasteiger charge is -2.10. The number of alkyl halides is 1. The fourth-order valence-corrected chi connectivity index (χ4v) is 2.23. The first-order valence-corrected chi connectivity index (χ1v) is 7.32.